The van der Waals surface area contributed by atoms with E-state index in [1.165, 1.54) is 44.9 Å². The molecule has 0 unspecified atom stereocenters. The summed E-state index contributed by atoms with van der Waals surface area (Å²) in [5.41, 5.74) is 0. The molecule has 0 heterocycles. The van der Waals surface area contributed by atoms with Crippen molar-refractivity contribution in [1.82, 2.24) is 0 Å². The van der Waals surface area contributed by atoms with Gasteiger partial charge in [0.1, 0.15) is 4.90 Å². The van der Waals surface area contributed by atoms with Gasteiger partial charge >= 0.3 is 0 Å². The fraction of sp³-hybridized carbons (Fsp3) is 0.545. The molecule has 0 radical (unpaired) electrons. The van der Waals surface area contributed by atoms with Crippen molar-refractivity contribution < 1.29 is 39.9 Å². The Morgan fingerprint density at radius 1 is 0.741 bits per heavy atom. The van der Waals surface area contributed by atoms with E-state index in [9.17, 15) is 8.42 Å². The first-order valence-corrected chi connectivity index (χ1v) is 11.4. The predicted molar refractivity (Wildman–Crippen MR) is 109 cm³/mol. The van der Waals surface area contributed by atoms with E-state index in [-0.39, 0.29) is 38.8 Å². The van der Waals surface area contributed by atoms with Gasteiger partial charge in [0.25, 0.3) is 10.1 Å². The molecule has 0 N–H and O–H groups in total. The van der Waals surface area contributed by atoms with Crippen LogP contribution in [0.4, 0.5) is 0 Å². The van der Waals surface area contributed by atoms with Crippen LogP contribution < -0.4 is 0 Å². The summed E-state index contributed by atoms with van der Waals surface area (Å²) in [6.45, 7) is 2.50. The van der Waals surface area contributed by atoms with Crippen molar-refractivity contribution >= 4 is 20.9 Å². The Bertz CT molecular complexity index is 754. The molecule has 0 amide bonds. The second kappa shape index (κ2) is 13.7. The molecule has 0 aliphatic heterocycles. The van der Waals surface area contributed by atoms with Crippen molar-refractivity contribution in [2.24, 2.45) is 0 Å². The smallest absolute Gasteiger partial charge is 0.266 e. The maximum absolute atomic E-state index is 12.5. The molecule has 0 aliphatic rings. The van der Waals surface area contributed by atoms with Crippen LogP contribution in [0.3, 0.4) is 0 Å². The Kier molecular flexibility index (Phi) is 12.4. The van der Waals surface area contributed by atoms with E-state index in [1.54, 1.807) is 12.1 Å². The summed E-state index contributed by atoms with van der Waals surface area (Å²) < 4.78 is 30.2. The van der Waals surface area contributed by atoms with Crippen LogP contribution in [0.1, 0.15) is 71.1 Å². The molecule has 0 atom stereocenters. The topological polar surface area (TPSA) is 43.4 Å². The molecular formula is C22H32CdO3S. The van der Waals surface area contributed by atoms with E-state index in [0.29, 0.717) is 0 Å². The predicted octanol–water partition coefficient (Wildman–Crippen LogP) is 6.46. The van der Waals surface area contributed by atoms with Crippen LogP contribution >= 0.6 is 0 Å². The molecule has 0 spiro atoms. The average molecular weight is 489 g/mol. The zero-order valence-corrected chi connectivity index (χ0v) is 21.5. The number of hydrogen-bond acceptors (Lipinski definition) is 3. The molecule has 2 aromatic rings. The quantitative estimate of drug-likeness (QED) is 0.184. The maximum atomic E-state index is 12.5. The van der Waals surface area contributed by atoms with Crippen LogP contribution in [-0.2, 0) is 41.6 Å². The van der Waals surface area contributed by atoms with Crippen molar-refractivity contribution in [2.75, 3.05) is 6.61 Å². The molecular weight excluding hydrogens is 457 g/mol. The van der Waals surface area contributed by atoms with Gasteiger partial charge in [-0.05, 0) is 17.9 Å². The Balaban J connectivity index is 0.00000364. The van der Waals surface area contributed by atoms with Gasteiger partial charge in [0, 0.05) is 32.7 Å². The third kappa shape index (κ3) is 8.61. The van der Waals surface area contributed by atoms with Gasteiger partial charge in [0.15, 0.2) is 0 Å². The number of hydrogen-bond donors (Lipinski definition) is 0. The summed E-state index contributed by atoms with van der Waals surface area (Å²) in [5.74, 6) is 0. The summed E-state index contributed by atoms with van der Waals surface area (Å²) in [6.07, 6.45) is 12.2. The molecule has 0 fully saturated rings. The normalized spacial score (nSPS) is 11.4. The first kappa shape index (κ1) is 24.6. The summed E-state index contributed by atoms with van der Waals surface area (Å²) in [5, 5.41) is 1.63. The van der Waals surface area contributed by atoms with E-state index in [2.05, 4.69) is 6.92 Å². The fourth-order valence-corrected chi connectivity index (χ4v) is 4.40. The van der Waals surface area contributed by atoms with Gasteiger partial charge in [-0.1, -0.05) is 101 Å². The van der Waals surface area contributed by atoms with Crippen molar-refractivity contribution in [3.63, 3.8) is 0 Å². The molecule has 0 aliphatic carbocycles. The zero-order chi connectivity index (χ0) is 18.7. The molecule has 146 valence electrons. The third-order valence-corrected chi connectivity index (χ3v) is 6.13. The van der Waals surface area contributed by atoms with E-state index in [1.807, 2.05) is 30.3 Å². The average Bonchev–Trinajstić information content (AvgIpc) is 2.65. The largest absolute Gasteiger partial charge is 0.297 e. The summed E-state index contributed by atoms with van der Waals surface area (Å²) in [6, 6.07) is 12.8. The summed E-state index contributed by atoms with van der Waals surface area (Å²) in [4.78, 5) is 0.266. The van der Waals surface area contributed by atoms with E-state index in [4.69, 9.17) is 4.18 Å². The summed E-state index contributed by atoms with van der Waals surface area (Å²) in [7, 11) is -3.70. The van der Waals surface area contributed by atoms with Gasteiger partial charge in [0.2, 0.25) is 0 Å². The van der Waals surface area contributed by atoms with Crippen LogP contribution in [0.2, 0.25) is 0 Å². The standard InChI is InChI=1S/C22H32O3S.Cd/c1-2-3-4-5-6-7-8-9-10-13-19-25-26(23,24)22-18-14-16-20-15-11-12-17-21(20)22;/h11-12,14-18H,2-10,13,19H2,1H3;. The van der Waals surface area contributed by atoms with Crippen LogP contribution in [-0.4, -0.2) is 15.0 Å². The number of unbranched alkanes of at least 4 members (excludes halogenated alkanes) is 9. The monoisotopic (exact) mass is 490 g/mol. The van der Waals surface area contributed by atoms with Gasteiger partial charge in [-0.2, -0.15) is 8.42 Å². The SMILES string of the molecule is CCCCCCCCCCCCOS(=O)(=O)c1cccc2ccccc12.[Cd]. The van der Waals surface area contributed by atoms with Crippen LogP contribution in [0.25, 0.3) is 10.8 Å². The van der Waals surface area contributed by atoms with Crippen molar-refractivity contribution in [3.05, 3.63) is 42.5 Å². The van der Waals surface area contributed by atoms with Crippen LogP contribution in [0.5, 0.6) is 0 Å². The van der Waals surface area contributed by atoms with Gasteiger partial charge in [-0.15, -0.1) is 0 Å². The minimum absolute atomic E-state index is 0. The molecule has 5 heteroatoms. The van der Waals surface area contributed by atoms with Gasteiger partial charge in [-0.3, -0.25) is 4.18 Å². The molecule has 0 saturated carbocycles. The van der Waals surface area contributed by atoms with Crippen molar-refractivity contribution in [3.8, 4) is 0 Å². The molecule has 2 aromatic carbocycles. The van der Waals surface area contributed by atoms with Crippen LogP contribution in [0, 0.1) is 0 Å². The Hall–Kier alpha value is -0.468. The number of rotatable bonds is 13. The Labute approximate surface area is 185 Å². The van der Waals surface area contributed by atoms with E-state index in [0.717, 1.165) is 30.0 Å². The Morgan fingerprint density at radius 3 is 1.96 bits per heavy atom. The molecule has 27 heavy (non-hydrogen) atoms. The third-order valence-electron chi connectivity index (χ3n) is 4.76. The first-order chi connectivity index (χ1) is 12.6. The minimum Gasteiger partial charge on any atom is -0.266 e. The Morgan fingerprint density at radius 2 is 1.30 bits per heavy atom. The van der Waals surface area contributed by atoms with Gasteiger partial charge < -0.3 is 0 Å². The molecule has 0 saturated heterocycles. The fourth-order valence-electron chi connectivity index (χ4n) is 3.24. The second-order valence-corrected chi connectivity index (χ2v) is 8.52. The van der Waals surface area contributed by atoms with E-state index < -0.39 is 10.1 Å². The van der Waals surface area contributed by atoms with Crippen LogP contribution in [0.15, 0.2) is 47.4 Å². The first-order valence-electron chi connectivity index (χ1n) is 10.0. The zero-order valence-electron chi connectivity index (χ0n) is 16.7. The van der Waals surface area contributed by atoms with E-state index >= 15 is 0 Å². The number of fused-ring (bicyclic) bond motifs is 1. The van der Waals surface area contributed by atoms with Gasteiger partial charge in [0.05, 0.1) is 6.61 Å². The van der Waals surface area contributed by atoms with Crippen molar-refractivity contribution in [2.45, 2.75) is 76.0 Å². The second-order valence-electron chi connectivity index (χ2n) is 6.94. The number of benzene rings is 2. The summed E-state index contributed by atoms with van der Waals surface area (Å²) >= 11 is 0. The maximum Gasteiger partial charge on any atom is 0.297 e. The minimum atomic E-state index is -3.70. The molecule has 3 nitrogen and oxygen atoms in total. The van der Waals surface area contributed by atoms with Crippen molar-refractivity contribution in [1.29, 1.82) is 0 Å². The molecule has 0 aromatic heterocycles. The molecule has 0 bridgehead atoms. The van der Waals surface area contributed by atoms with Gasteiger partial charge in [-0.25, -0.2) is 0 Å². The molecule has 2 rings (SSSR count).